The Bertz CT molecular complexity index is 1320. The highest BCUT2D eigenvalue weighted by atomic mass is 19.1. The average Bonchev–Trinajstić information content (AvgIpc) is 3.65. The van der Waals surface area contributed by atoms with Gasteiger partial charge in [-0.1, -0.05) is 0 Å². The van der Waals surface area contributed by atoms with Crippen LogP contribution in [0.4, 0.5) is 16.0 Å². The first kappa shape index (κ1) is 19.7. The molecule has 3 aromatic rings. The number of fused-ring (bicyclic) bond motifs is 2. The van der Waals surface area contributed by atoms with Crippen molar-refractivity contribution in [1.82, 2.24) is 25.2 Å². The second-order valence-corrected chi connectivity index (χ2v) is 8.81. The molecule has 6 rings (SSSR count). The summed E-state index contributed by atoms with van der Waals surface area (Å²) < 4.78 is 17.1. The minimum absolute atomic E-state index is 0.0117. The molecule has 0 atom stereocenters. The molecule has 2 aliphatic heterocycles. The van der Waals surface area contributed by atoms with Gasteiger partial charge in [0.1, 0.15) is 11.2 Å². The van der Waals surface area contributed by atoms with E-state index in [9.17, 15) is 9.59 Å². The quantitative estimate of drug-likeness (QED) is 0.512. The summed E-state index contributed by atoms with van der Waals surface area (Å²) in [5, 5.41) is 6.82. The molecule has 0 unspecified atom stereocenters. The van der Waals surface area contributed by atoms with Gasteiger partial charge in [0.05, 0.1) is 11.2 Å². The monoisotopic (exact) mass is 439 g/mol. The lowest BCUT2D eigenvalue weighted by atomic mass is 10.1. The predicted octanol–water partition coefficient (Wildman–Crippen LogP) is 0.531. The van der Waals surface area contributed by atoms with E-state index in [0.29, 0.717) is 35.9 Å². The van der Waals surface area contributed by atoms with Crippen molar-refractivity contribution in [2.75, 3.05) is 62.2 Å². The molecule has 10 heteroatoms. The van der Waals surface area contributed by atoms with Crippen LogP contribution in [0.25, 0.3) is 21.9 Å². The largest absolute Gasteiger partial charge is 0.367 e. The maximum Gasteiger partial charge on any atom is 0.265 e. The molecule has 3 aliphatic rings. The van der Waals surface area contributed by atoms with E-state index < -0.39 is 16.8 Å². The lowest BCUT2D eigenvalue weighted by Gasteiger charge is -2.30. The van der Waals surface area contributed by atoms with Crippen LogP contribution in [0.2, 0.25) is 0 Å². The molecule has 0 amide bonds. The van der Waals surface area contributed by atoms with Gasteiger partial charge in [0.25, 0.3) is 5.56 Å². The number of anilines is 2. The first-order valence-electron chi connectivity index (χ1n) is 11.3. The Morgan fingerprint density at radius 3 is 2.25 bits per heavy atom. The fraction of sp³-hybridized carbons (Fsp3) is 0.500. The maximum atomic E-state index is 15.1. The summed E-state index contributed by atoms with van der Waals surface area (Å²) in [6.07, 6.45) is 1.90. The molecule has 1 saturated carbocycles. The Kier molecular flexibility index (Phi) is 4.65. The lowest BCUT2D eigenvalue weighted by molar-refractivity contribution is 0.567. The van der Waals surface area contributed by atoms with Crippen LogP contribution in [0.5, 0.6) is 0 Å². The Labute approximate surface area is 183 Å². The van der Waals surface area contributed by atoms with E-state index >= 15 is 4.39 Å². The number of piperazine rings is 2. The summed E-state index contributed by atoms with van der Waals surface area (Å²) in [5.41, 5.74) is 0.637. The van der Waals surface area contributed by atoms with Crippen LogP contribution in [0, 0.1) is 5.82 Å². The van der Waals surface area contributed by atoms with Crippen LogP contribution >= 0.6 is 0 Å². The molecule has 32 heavy (non-hydrogen) atoms. The number of rotatable bonds is 3. The van der Waals surface area contributed by atoms with Crippen LogP contribution in [-0.4, -0.2) is 66.9 Å². The van der Waals surface area contributed by atoms with E-state index in [-0.39, 0.29) is 16.8 Å². The highest BCUT2D eigenvalue weighted by molar-refractivity contribution is 5.94. The number of pyridine rings is 1. The molecule has 0 radical (unpaired) electrons. The van der Waals surface area contributed by atoms with Crippen molar-refractivity contribution >= 4 is 33.6 Å². The number of nitrogens with zero attached hydrogens (tertiary/aromatic N) is 4. The molecule has 2 aromatic heterocycles. The van der Waals surface area contributed by atoms with Gasteiger partial charge < -0.3 is 25.0 Å². The Balaban J connectivity index is 1.62. The fourth-order valence-corrected chi connectivity index (χ4v) is 4.89. The van der Waals surface area contributed by atoms with Gasteiger partial charge in [-0.2, -0.15) is 4.98 Å². The molecule has 3 fully saturated rings. The van der Waals surface area contributed by atoms with Crippen molar-refractivity contribution in [1.29, 1.82) is 0 Å². The fourth-order valence-electron chi connectivity index (χ4n) is 4.89. The van der Waals surface area contributed by atoms with E-state index in [1.54, 1.807) is 6.07 Å². The molecule has 4 heterocycles. The van der Waals surface area contributed by atoms with Gasteiger partial charge in [-0.3, -0.25) is 14.6 Å². The highest BCUT2D eigenvalue weighted by Crippen LogP contribution is 2.40. The van der Waals surface area contributed by atoms with Gasteiger partial charge in [-0.05, 0) is 25.0 Å². The number of aromatic amines is 1. The zero-order valence-electron chi connectivity index (χ0n) is 17.8. The first-order valence-corrected chi connectivity index (χ1v) is 11.3. The minimum Gasteiger partial charge on any atom is -0.367 e. The normalized spacial score (nSPS) is 19.8. The van der Waals surface area contributed by atoms with Gasteiger partial charge in [0.15, 0.2) is 5.65 Å². The molecule has 2 saturated heterocycles. The van der Waals surface area contributed by atoms with Crippen molar-refractivity contribution in [2.45, 2.75) is 18.9 Å². The summed E-state index contributed by atoms with van der Waals surface area (Å²) in [4.78, 5) is 38.0. The number of hydrogen-bond donors (Lipinski definition) is 3. The molecule has 1 aromatic carbocycles. The van der Waals surface area contributed by atoms with Crippen molar-refractivity contribution in [3.05, 3.63) is 38.5 Å². The molecule has 9 nitrogen and oxygen atoms in total. The third kappa shape index (κ3) is 3.17. The smallest absolute Gasteiger partial charge is 0.265 e. The Morgan fingerprint density at radius 2 is 1.59 bits per heavy atom. The van der Waals surface area contributed by atoms with Crippen molar-refractivity contribution in [2.24, 2.45) is 0 Å². The number of H-pyrrole nitrogens is 1. The second kappa shape index (κ2) is 7.56. The topological polar surface area (TPSA) is 98.3 Å². The molecule has 0 spiro atoms. The van der Waals surface area contributed by atoms with E-state index in [1.165, 1.54) is 6.07 Å². The van der Waals surface area contributed by atoms with Crippen LogP contribution < -0.4 is 31.4 Å². The number of nitrogens with one attached hydrogen (secondary N) is 3. The molecular formula is C22H26FN7O2. The van der Waals surface area contributed by atoms with E-state index in [1.807, 2.05) is 14.4 Å². The standard InChI is InChI=1S/C22H26FN7O2/c23-15-11-14-16(12-17(15)28-7-3-24-4-8-28)30(13-1-2-13)20-18(19(14)31)21(32)27-22(26-20)29-9-5-25-6-10-29/h11-13,24-25H,1-10H2,(H,26,27,32). The summed E-state index contributed by atoms with van der Waals surface area (Å²) in [6, 6.07) is 3.24. The first-order chi connectivity index (χ1) is 15.6. The zero-order valence-corrected chi connectivity index (χ0v) is 17.8. The van der Waals surface area contributed by atoms with E-state index in [0.717, 1.165) is 52.1 Å². The molecule has 1 aliphatic carbocycles. The molecule has 168 valence electrons. The maximum absolute atomic E-state index is 15.1. The van der Waals surface area contributed by atoms with Crippen LogP contribution in [-0.2, 0) is 0 Å². The zero-order chi connectivity index (χ0) is 21.8. The van der Waals surface area contributed by atoms with Crippen molar-refractivity contribution in [3.8, 4) is 0 Å². The number of benzene rings is 1. The third-order valence-corrected chi connectivity index (χ3v) is 6.70. The Morgan fingerprint density at radius 1 is 0.938 bits per heavy atom. The molecule has 0 bridgehead atoms. The number of hydrogen-bond acceptors (Lipinski definition) is 7. The van der Waals surface area contributed by atoms with E-state index in [2.05, 4.69) is 15.6 Å². The Hall–Kier alpha value is -2.98. The summed E-state index contributed by atoms with van der Waals surface area (Å²) >= 11 is 0. The van der Waals surface area contributed by atoms with Gasteiger partial charge >= 0.3 is 0 Å². The van der Waals surface area contributed by atoms with Gasteiger partial charge in [-0.15, -0.1) is 0 Å². The summed E-state index contributed by atoms with van der Waals surface area (Å²) in [7, 11) is 0. The van der Waals surface area contributed by atoms with Gasteiger partial charge in [0.2, 0.25) is 11.4 Å². The van der Waals surface area contributed by atoms with Crippen molar-refractivity contribution < 1.29 is 4.39 Å². The third-order valence-electron chi connectivity index (χ3n) is 6.70. The summed E-state index contributed by atoms with van der Waals surface area (Å²) in [6.45, 7) is 6.06. The van der Waals surface area contributed by atoms with E-state index in [4.69, 9.17) is 4.98 Å². The van der Waals surface area contributed by atoms with Gasteiger partial charge in [-0.25, -0.2) is 4.39 Å². The minimum atomic E-state index is -0.462. The van der Waals surface area contributed by atoms with Crippen molar-refractivity contribution in [3.63, 3.8) is 0 Å². The highest BCUT2D eigenvalue weighted by Gasteiger charge is 2.30. The second-order valence-electron chi connectivity index (χ2n) is 8.81. The number of halogens is 1. The van der Waals surface area contributed by atoms with Crippen LogP contribution in [0.15, 0.2) is 21.7 Å². The average molecular weight is 439 g/mol. The van der Waals surface area contributed by atoms with Crippen LogP contribution in [0.3, 0.4) is 0 Å². The molecule has 3 N–H and O–H groups in total. The lowest BCUT2D eigenvalue weighted by Crippen LogP contribution is -2.45. The SMILES string of the molecule is O=c1[nH]c(N2CCNCC2)nc2c1c(=O)c1cc(F)c(N3CCNCC3)cc1n2C1CC1. The molecular weight excluding hydrogens is 413 g/mol. The number of aromatic nitrogens is 3. The summed E-state index contributed by atoms with van der Waals surface area (Å²) in [5.74, 6) is 0.0570. The predicted molar refractivity (Wildman–Crippen MR) is 123 cm³/mol. The van der Waals surface area contributed by atoms with Crippen LogP contribution in [0.1, 0.15) is 18.9 Å². The van der Waals surface area contributed by atoms with Gasteiger partial charge in [0, 0.05) is 63.8 Å².